The highest BCUT2D eigenvalue weighted by Gasteiger charge is 2.14. The SMILES string of the molecule is CCOC(=O)CSCc1occc1C(=O)NN. The number of amides is 1. The van der Waals surface area contributed by atoms with Crippen molar-refractivity contribution in [2.24, 2.45) is 5.84 Å². The number of hydrogen-bond acceptors (Lipinski definition) is 6. The first-order valence-corrected chi connectivity index (χ1v) is 6.15. The van der Waals surface area contributed by atoms with Gasteiger partial charge in [0.25, 0.3) is 5.91 Å². The van der Waals surface area contributed by atoms with E-state index in [0.717, 1.165) is 0 Å². The Bertz CT molecular complexity index is 391. The molecule has 94 valence electrons. The average Bonchev–Trinajstić information content (AvgIpc) is 2.77. The lowest BCUT2D eigenvalue weighted by molar-refractivity contribution is -0.139. The number of carbonyl (C=O) groups is 2. The minimum atomic E-state index is -0.412. The summed E-state index contributed by atoms with van der Waals surface area (Å²) in [6, 6.07) is 1.53. The Morgan fingerprint density at radius 1 is 1.59 bits per heavy atom. The number of hydrazine groups is 1. The third-order valence-electron chi connectivity index (χ3n) is 1.88. The van der Waals surface area contributed by atoms with Crippen LogP contribution >= 0.6 is 11.8 Å². The fourth-order valence-electron chi connectivity index (χ4n) is 1.16. The second-order valence-corrected chi connectivity index (χ2v) is 4.01. The smallest absolute Gasteiger partial charge is 0.315 e. The van der Waals surface area contributed by atoms with Gasteiger partial charge in [0.05, 0.1) is 29.9 Å². The zero-order chi connectivity index (χ0) is 12.7. The molecular formula is C10H14N2O4S. The maximum absolute atomic E-state index is 11.3. The summed E-state index contributed by atoms with van der Waals surface area (Å²) in [4.78, 5) is 22.4. The second kappa shape index (κ2) is 6.97. The van der Waals surface area contributed by atoms with E-state index in [2.05, 4.69) is 0 Å². The fraction of sp³-hybridized carbons (Fsp3) is 0.400. The van der Waals surface area contributed by atoms with Gasteiger partial charge in [0.1, 0.15) is 5.76 Å². The number of hydrogen-bond donors (Lipinski definition) is 2. The number of furan rings is 1. The van der Waals surface area contributed by atoms with Gasteiger partial charge in [-0.1, -0.05) is 0 Å². The van der Waals surface area contributed by atoms with Crippen LogP contribution in [0.4, 0.5) is 0 Å². The quantitative estimate of drug-likeness (QED) is 0.337. The van der Waals surface area contributed by atoms with Crippen molar-refractivity contribution in [3.05, 3.63) is 23.7 Å². The van der Waals surface area contributed by atoms with Crippen LogP contribution in [0.15, 0.2) is 16.7 Å². The van der Waals surface area contributed by atoms with Crippen LogP contribution in [-0.2, 0) is 15.3 Å². The molecule has 0 radical (unpaired) electrons. The maximum atomic E-state index is 11.3. The molecule has 1 heterocycles. The largest absolute Gasteiger partial charge is 0.468 e. The maximum Gasteiger partial charge on any atom is 0.315 e. The molecule has 17 heavy (non-hydrogen) atoms. The Labute approximate surface area is 103 Å². The van der Waals surface area contributed by atoms with E-state index in [1.165, 1.54) is 24.1 Å². The van der Waals surface area contributed by atoms with Crippen LogP contribution < -0.4 is 11.3 Å². The summed E-state index contributed by atoms with van der Waals surface area (Å²) < 4.78 is 9.91. The predicted octanol–water partition coefficient (Wildman–Crippen LogP) is 0.679. The molecule has 0 fully saturated rings. The van der Waals surface area contributed by atoms with Crippen molar-refractivity contribution >= 4 is 23.6 Å². The van der Waals surface area contributed by atoms with Crippen LogP contribution in [-0.4, -0.2) is 24.2 Å². The zero-order valence-corrected chi connectivity index (χ0v) is 10.2. The van der Waals surface area contributed by atoms with Gasteiger partial charge in [0.15, 0.2) is 0 Å². The molecule has 0 atom stereocenters. The minimum Gasteiger partial charge on any atom is -0.468 e. The van der Waals surface area contributed by atoms with E-state index in [9.17, 15) is 9.59 Å². The third-order valence-corrected chi connectivity index (χ3v) is 2.79. The molecule has 3 N–H and O–H groups in total. The lowest BCUT2D eigenvalue weighted by Crippen LogP contribution is -2.30. The predicted molar refractivity (Wildman–Crippen MR) is 63.2 cm³/mol. The van der Waals surface area contributed by atoms with Crippen LogP contribution in [0.3, 0.4) is 0 Å². The molecule has 0 aliphatic carbocycles. The van der Waals surface area contributed by atoms with Crippen LogP contribution in [0, 0.1) is 0 Å². The summed E-state index contributed by atoms with van der Waals surface area (Å²) in [5, 5.41) is 0. The molecule has 0 saturated carbocycles. The lowest BCUT2D eigenvalue weighted by Gasteiger charge is -2.02. The van der Waals surface area contributed by atoms with Crippen molar-refractivity contribution in [1.29, 1.82) is 0 Å². The number of nitrogen functional groups attached to an aromatic ring is 1. The Balaban J connectivity index is 2.44. The molecule has 0 saturated heterocycles. The Morgan fingerprint density at radius 3 is 3.00 bits per heavy atom. The van der Waals surface area contributed by atoms with Crippen LogP contribution in [0.1, 0.15) is 23.0 Å². The standard InChI is InChI=1S/C10H14N2O4S/c1-2-15-9(13)6-17-5-8-7(3-4-16-8)10(14)12-11/h3-4H,2,5-6,11H2,1H3,(H,12,14). The highest BCUT2D eigenvalue weighted by Crippen LogP contribution is 2.17. The third kappa shape index (κ3) is 4.12. The number of nitrogens with two attached hydrogens (primary N) is 1. The number of nitrogens with one attached hydrogen (secondary N) is 1. The number of ether oxygens (including phenoxy) is 1. The zero-order valence-electron chi connectivity index (χ0n) is 9.39. The van der Waals surface area contributed by atoms with E-state index < -0.39 is 5.91 Å². The Morgan fingerprint density at radius 2 is 2.35 bits per heavy atom. The first-order valence-electron chi connectivity index (χ1n) is 4.99. The van der Waals surface area contributed by atoms with Gasteiger partial charge < -0.3 is 9.15 Å². The van der Waals surface area contributed by atoms with Gasteiger partial charge in [-0.3, -0.25) is 15.0 Å². The average molecular weight is 258 g/mol. The van der Waals surface area contributed by atoms with Gasteiger partial charge in [-0.15, -0.1) is 11.8 Å². The number of carbonyl (C=O) groups excluding carboxylic acids is 2. The monoisotopic (exact) mass is 258 g/mol. The Hall–Kier alpha value is -1.47. The summed E-state index contributed by atoms with van der Waals surface area (Å²) in [6.07, 6.45) is 1.41. The van der Waals surface area contributed by atoms with Gasteiger partial charge >= 0.3 is 5.97 Å². The summed E-state index contributed by atoms with van der Waals surface area (Å²) in [7, 11) is 0. The first kappa shape index (κ1) is 13.6. The number of esters is 1. The van der Waals surface area contributed by atoms with E-state index in [4.69, 9.17) is 15.0 Å². The van der Waals surface area contributed by atoms with Gasteiger partial charge in [-0.05, 0) is 13.0 Å². The molecule has 0 spiro atoms. The molecule has 0 bridgehead atoms. The molecule has 0 unspecified atom stereocenters. The van der Waals surface area contributed by atoms with Crippen LogP contribution in [0.2, 0.25) is 0 Å². The summed E-state index contributed by atoms with van der Waals surface area (Å²) in [6.45, 7) is 2.11. The van der Waals surface area contributed by atoms with Gasteiger partial charge in [-0.2, -0.15) is 0 Å². The van der Waals surface area contributed by atoms with E-state index in [1.807, 2.05) is 5.43 Å². The van der Waals surface area contributed by atoms with Gasteiger partial charge in [0.2, 0.25) is 0 Å². The topological polar surface area (TPSA) is 94.6 Å². The molecule has 0 aliphatic heterocycles. The van der Waals surface area contributed by atoms with Crippen molar-refractivity contribution in [3.8, 4) is 0 Å². The van der Waals surface area contributed by atoms with E-state index in [0.29, 0.717) is 23.7 Å². The Kier molecular flexibility index (Phi) is 5.58. The number of thioether (sulfide) groups is 1. The summed E-state index contributed by atoms with van der Waals surface area (Å²) >= 11 is 1.31. The minimum absolute atomic E-state index is 0.220. The molecule has 0 aliphatic rings. The van der Waals surface area contributed by atoms with Crippen molar-refractivity contribution in [2.75, 3.05) is 12.4 Å². The molecule has 1 amide bonds. The van der Waals surface area contributed by atoms with Crippen molar-refractivity contribution in [1.82, 2.24) is 5.43 Å². The van der Waals surface area contributed by atoms with E-state index >= 15 is 0 Å². The molecular weight excluding hydrogens is 244 g/mol. The van der Waals surface area contributed by atoms with Crippen molar-refractivity contribution < 1.29 is 18.7 Å². The molecule has 0 aromatic carbocycles. The molecule has 6 nitrogen and oxygen atoms in total. The van der Waals surface area contributed by atoms with Gasteiger partial charge in [-0.25, -0.2) is 5.84 Å². The van der Waals surface area contributed by atoms with Crippen LogP contribution in [0.25, 0.3) is 0 Å². The van der Waals surface area contributed by atoms with Gasteiger partial charge in [0, 0.05) is 0 Å². The highest BCUT2D eigenvalue weighted by molar-refractivity contribution is 7.99. The molecule has 1 aromatic rings. The van der Waals surface area contributed by atoms with Crippen LogP contribution in [0.5, 0.6) is 0 Å². The molecule has 1 aromatic heterocycles. The normalized spacial score (nSPS) is 10.0. The van der Waals surface area contributed by atoms with E-state index in [1.54, 1.807) is 6.92 Å². The van der Waals surface area contributed by atoms with Crippen molar-refractivity contribution in [2.45, 2.75) is 12.7 Å². The first-order chi connectivity index (χ1) is 8.19. The molecule has 7 heteroatoms. The molecule has 1 rings (SSSR count). The summed E-state index contributed by atoms with van der Waals surface area (Å²) in [5.74, 6) is 5.45. The lowest BCUT2D eigenvalue weighted by atomic mass is 10.2. The highest BCUT2D eigenvalue weighted by atomic mass is 32.2. The fourth-order valence-corrected chi connectivity index (χ4v) is 1.92. The number of rotatable bonds is 6. The summed E-state index contributed by atoms with van der Waals surface area (Å²) in [5.41, 5.74) is 2.41. The second-order valence-electron chi connectivity index (χ2n) is 3.03. The van der Waals surface area contributed by atoms with E-state index in [-0.39, 0.29) is 11.7 Å². The van der Waals surface area contributed by atoms with Crippen molar-refractivity contribution in [3.63, 3.8) is 0 Å².